The van der Waals surface area contributed by atoms with E-state index in [1.54, 1.807) is 27.7 Å². The zero-order valence-electron chi connectivity index (χ0n) is 19.4. The van der Waals surface area contributed by atoms with Crippen molar-refractivity contribution in [2.45, 2.75) is 58.4 Å². The van der Waals surface area contributed by atoms with Crippen molar-refractivity contribution in [2.75, 3.05) is 0 Å². The molecule has 0 saturated carbocycles. The Kier molecular flexibility index (Phi) is 7.82. The summed E-state index contributed by atoms with van der Waals surface area (Å²) in [5.74, 6) is -0.432. The van der Waals surface area contributed by atoms with Gasteiger partial charge in [0.05, 0.1) is 17.9 Å². The van der Waals surface area contributed by atoms with Crippen LogP contribution in [0.4, 0.5) is 4.79 Å². The van der Waals surface area contributed by atoms with Gasteiger partial charge >= 0.3 is 12.1 Å². The number of ether oxygens (including phenoxy) is 2. The summed E-state index contributed by atoms with van der Waals surface area (Å²) >= 11 is 0. The van der Waals surface area contributed by atoms with Gasteiger partial charge in [-0.3, -0.25) is 0 Å². The van der Waals surface area contributed by atoms with Gasteiger partial charge in [-0.15, -0.1) is 5.10 Å². The molecule has 2 atom stereocenters. The van der Waals surface area contributed by atoms with Crippen molar-refractivity contribution in [3.05, 3.63) is 83.7 Å². The number of nitrogens with zero attached hydrogens (tertiary/aromatic N) is 3. The number of aromatic nitrogens is 3. The number of alkyl carbamates (subject to hydrolysis) is 1. The van der Waals surface area contributed by atoms with Gasteiger partial charge in [-0.25, -0.2) is 14.3 Å². The van der Waals surface area contributed by atoms with Crippen molar-refractivity contribution in [1.82, 2.24) is 20.3 Å². The SMILES string of the molecule is C[C@@H](NC(=O)OC(C)(C)C)c1cnnn1[C@@H](Cc1ccccc1)C(=O)OCc1ccccc1. The highest BCUT2D eigenvalue weighted by Crippen LogP contribution is 2.22. The lowest BCUT2D eigenvalue weighted by atomic mass is 10.1. The predicted molar refractivity (Wildman–Crippen MR) is 123 cm³/mol. The Balaban J connectivity index is 1.81. The maximum absolute atomic E-state index is 13.2. The van der Waals surface area contributed by atoms with Crippen molar-refractivity contribution in [3.63, 3.8) is 0 Å². The number of amides is 1. The number of nitrogens with one attached hydrogen (secondary N) is 1. The van der Waals surface area contributed by atoms with E-state index in [1.807, 2.05) is 60.7 Å². The minimum Gasteiger partial charge on any atom is -0.459 e. The molecule has 0 fully saturated rings. The molecular formula is C25H30N4O4. The maximum Gasteiger partial charge on any atom is 0.408 e. The third-order valence-corrected chi connectivity index (χ3v) is 4.84. The van der Waals surface area contributed by atoms with Gasteiger partial charge in [0.15, 0.2) is 6.04 Å². The third-order valence-electron chi connectivity index (χ3n) is 4.84. The second-order valence-electron chi connectivity index (χ2n) is 8.77. The standard InChI is InChI=1S/C25H30N4O4/c1-18(27-24(31)33-25(2,3)4)22-16-26-28-29(22)21(15-19-11-7-5-8-12-19)23(30)32-17-20-13-9-6-10-14-20/h5-14,16,18,21H,15,17H2,1-4H3,(H,27,31)/t18-,21+/m1/s1. The molecule has 3 rings (SSSR count). The number of hydrogen-bond acceptors (Lipinski definition) is 6. The van der Waals surface area contributed by atoms with E-state index in [-0.39, 0.29) is 6.61 Å². The lowest BCUT2D eigenvalue weighted by Crippen LogP contribution is -2.36. The molecule has 3 aromatic rings. The quantitative estimate of drug-likeness (QED) is 0.512. The second-order valence-corrected chi connectivity index (χ2v) is 8.77. The highest BCUT2D eigenvalue weighted by molar-refractivity contribution is 5.75. The molecule has 0 aliphatic carbocycles. The Bertz CT molecular complexity index is 1050. The predicted octanol–water partition coefficient (Wildman–Crippen LogP) is 4.39. The Morgan fingerprint density at radius 1 is 1.00 bits per heavy atom. The van der Waals surface area contributed by atoms with E-state index in [9.17, 15) is 9.59 Å². The summed E-state index contributed by atoms with van der Waals surface area (Å²) in [6.45, 7) is 7.32. The van der Waals surface area contributed by atoms with Gasteiger partial charge in [-0.2, -0.15) is 0 Å². The second kappa shape index (κ2) is 10.8. The number of esters is 1. The zero-order chi connectivity index (χ0) is 23.8. The molecule has 174 valence electrons. The minimum absolute atomic E-state index is 0.153. The third kappa shape index (κ3) is 7.17. The first-order valence-corrected chi connectivity index (χ1v) is 10.9. The Morgan fingerprint density at radius 2 is 1.61 bits per heavy atom. The molecule has 0 radical (unpaired) electrons. The van der Waals surface area contributed by atoms with E-state index in [2.05, 4.69) is 15.6 Å². The van der Waals surface area contributed by atoms with Gasteiger partial charge < -0.3 is 14.8 Å². The average molecular weight is 451 g/mol. The van der Waals surface area contributed by atoms with E-state index < -0.39 is 29.7 Å². The molecule has 33 heavy (non-hydrogen) atoms. The van der Waals surface area contributed by atoms with E-state index >= 15 is 0 Å². The van der Waals surface area contributed by atoms with Crippen LogP contribution in [0.2, 0.25) is 0 Å². The van der Waals surface area contributed by atoms with Gasteiger partial charge in [0.1, 0.15) is 12.2 Å². The number of hydrogen-bond donors (Lipinski definition) is 1. The van der Waals surface area contributed by atoms with Crippen molar-refractivity contribution in [1.29, 1.82) is 0 Å². The number of carbonyl (C=O) groups is 2. The van der Waals surface area contributed by atoms with E-state index in [0.29, 0.717) is 12.1 Å². The van der Waals surface area contributed by atoms with Gasteiger partial charge in [-0.1, -0.05) is 65.9 Å². The Morgan fingerprint density at radius 3 is 2.21 bits per heavy atom. The zero-order valence-corrected chi connectivity index (χ0v) is 19.4. The number of rotatable bonds is 8. The largest absolute Gasteiger partial charge is 0.459 e. The average Bonchev–Trinajstić information content (AvgIpc) is 3.25. The molecular weight excluding hydrogens is 420 g/mol. The van der Waals surface area contributed by atoms with Gasteiger partial charge in [0, 0.05) is 6.42 Å². The van der Waals surface area contributed by atoms with Crippen LogP contribution in [0.3, 0.4) is 0 Å². The molecule has 8 nitrogen and oxygen atoms in total. The van der Waals surface area contributed by atoms with Crippen LogP contribution in [-0.2, 0) is 27.3 Å². The Hall–Kier alpha value is -3.68. The van der Waals surface area contributed by atoms with E-state index in [1.165, 1.54) is 10.9 Å². The number of benzene rings is 2. The minimum atomic E-state index is -0.753. The lowest BCUT2D eigenvalue weighted by Gasteiger charge is -2.23. The first-order valence-electron chi connectivity index (χ1n) is 10.9. The van der Waals surface area contributed by atoms with Crippen LogP contribution in [0.25, 0.3) is 0 Å². The van der Waals surface area contributed by atoms with Crippen molar-refractivity contribution < 1.29 is 19.1 Å². The van der Waals surface area contributed by atoms with Crippen molar-refractivity contribution in [3.8, 4) is 0 Å². The summed E-state index contributed by atoms with van der Waals surface area (Å²) < 4.78 is 12.5. The fourth-order valence-corrected chi connectivity index (χ4v) is 3.29. The lowest BCUT2D eigenvalue weighted by molar-refractivity contribution is -0.149. The van der Waals surface area contributed by atoms with Gasteiger partial charge in [0.25, 0.3) is 0 Å². The maximum atomic E-state index is 13.2. The molecule has 2 aromatic carbocycles. The molecule has 1 heterocycles. The van der Waals surface area contributed by atoms with Crippen LogP contribution in [-0.4, -0.2) is 32.7 Å². The summed E-state index contributed by atoms with van der Waals surface area (Å²) in [5, 5.41) is 10.9. The smallest absolute Gasteiger partial charge is 0.408 e. The summed E-state index contributed by atoms with van der Waals surface area (Å²) in [4.78, 5) is 25.4. The first kappa shape index (κ1) is 24.0. The fourth-order valence-electron chi connectivity index (χ4n) is 3.29. The molecule has 1 aromatic heterocycles. The van der Waals surface area contributed by atoms with Gasteiger partial charge in [-0.05, 0) is 38.8 Å². The van der Waals surface area contributed by atoms with Gasteiger partial charge in [0.2, 0.25) is 0 Å². The molecule has 1 amide bonds. The van der Waals surface area contributed by atoms with Crippen LogP contribution in [0, 0.1) is 0 Å². The molecule has 0 aliphatic rings. The van der Waals surface area contributed by atoms with Crippen LogP contribution in [0.15, 0.2) is 66.9 Å². The molecule has 0 bridgehead atoms. The van der Waals surface area contributed by atoms with Crippen LogP contribution >= 0.6 is 0 Å². The summed E-state index contributed by atoms with van der Waals surface area (Å²) in [5.41, 5.74) is 1.79. The summed E-state index contributed by atoms with van der Waals surface area (Å²) in [6.07, 6.45) is 1.34. The van der Waals surface area contributed by atoms with Crippen molar-refractivity contribution >= 4 is 12.1 Å². The number of carbonyl (C=O) groups excluding carboxylic acids is 2. The molecule has 0 spiro atoms. The topological polar surface area (TPSA) is 95.3 Å². The van der Waals surface area contributed by atoms with E-state index in [0.717, 1.165) is 11.1 Å². The molecule has 0 saturated heterocycles. The summed E-state index contributed by atoms with van der Waals surface area (Å²) in [6, 6.07) is 17.9. The molecule has 0 unspecified atom stereocenters. The normalized spacial score (nSPS) is 13.1. The highest BCUT2D eigenvalue weighted by atomic mass is 16.6. The Labute approximate surface area is 193 Å². The molecule has 0 aliphatic heterocycles. The van der Waals surface area contributed by atoms with E-state index in [4.69, 9.17) is 9.47 Å². The monoisotopic (exact) mass is 450 g/mol. The van der Waals surface area contributed by atoms with Crippen LogP contribution < -0.4 is 5.32 Å². The molecule has 8 heteroatoms. The van der Waals surface area contributed by atoms with Crippen LogP contribution in [0.1, 0.15) is 56.6 Å². The molecule has 1 N–H and O–H groups in total. The van der Waals surface area contributed by atoms with Crippen LogP contribution in [0.5, 0.6) is 0 Å². The van der Waals surface area contributed by atoms with Crippen molar-refractivity contribution in [2.24, 2.45) is 0 Å². The fraction of sp³-hybridized carbons (Fsp3) is 0.360. The highest BCUT2D eigenvalue weighted by Gasteiger charge is 2.29. The first-order chi connectivity index (χ1) is 15.7. The summed E-state index contributed by atoms with van der Waals surface area (Å²) in [7, 11) is 0.